The van der Waals surface area contributed by atoms with E-state index in [2.05, 4.69) is 0 Å². The summed E-state index contributed by atoms with van der Waals surface area (Å²) in [5, 5.41) is 0.948. The topological polar surface area (TPSA) is 68.7 Å². The van der Waals surface area contributed by atoms with Crippen molar-refractivity contribution < 1.29 is 13.9 Å². The Balaban J connectivity index is 2.20. The van der Waals surface area contributed by atoms with Gasteiger partial charge in [0.1, 0.15) is 5.58 Å². The predicted molar refractivity (Wildman–Crippen MR) is 82.4 cm³/mol. The molecule has 0 aliphatic heterocycles. The summed E-state index contributed by atoms with van der Waals surface area (Å²) in [4.78, 5) is 14.3. The molecule has 21 heavy (non-hydrogen) atoms. The fourth-order valence-corrected chi connectivity index (χ4v) is 2.22. The number of hydrogen-bond donors (Lipinski definition) is 1. The van der Waals surface area contributed by atoms with E-state index < -0.39 is 0 Å². The van der Waals surface area contributed by atoms with Crippen LogP contribution in [0.2, 0.25) is 0 Å². The minimum Gasteiger partial charge on any atom is -0.451 e. The second kappa shape index (κ2) is 7.24. The minimum absolute atomic E-state index is 0.116. The monoisotopic (exact) mass is 290 g/mol. The maximum absolute atomic E-state index is 12.5. The van der Waals surface area contributed by atoms with Crippen LogP contribution >= 0.6 is 0 Å². The molecule has 0 saturated heterocycles. The smallest absolute Gasteiger partial charge is 0.289 e. The van der Waals surface area contributed by atoms with E-state index in [-0.39, 0.29) is 5.91 Å². The van der Waals surface area contributed by atoms with E-state index in [1.165, 1.54) is 0 Å². The number of ether oxygens (including phenoxy) is 1. The van der Waals surface area contributed by atoms with Gasteiger partial charge < -0.3 is 19.8 Å². The highest BCUT2D eigenvalue weighted by molar-refractivity contribution is 5.96. The lowest BCUT2D eigenvalue weighted by atomic mass is 10.2. The molecule has 2 rings (SSSR count). The largest absolute Gasteiger partial charge is 0.451 e. The number of hydrogen-bond acceptors (Lipinski definition) is 4. The minimum atomic E-state index is -0.116. The van der Waals surface area contributed by atoms with Gasteiger partial charge in [-0.25, -0.2) is 0 Å². The number of methoxy groups -OCH3 is 1. The number of furan rings is 1. The van der Waals surface area contributed by atoms with Crippen LogP contribution in [-0.2, 0) is 4.74 Å². The number of carbonyl (C=O) groups excluding carboxylic acids is 1. The lowest BCUT2D eigenvalue weighted by Crippen LogP contribution is -2.35. The van der Waals surface area contributed by atoms with Gasteiger partial charge in [0.25, 0.3) is 5.91 Å². The Bertz CT molecular complexity index is 599. The molecule has 0 spiro atoms. The highest BCUT2D eigenvalue weighted by Gasteiger charge is 2.19. The van der Waals surface area contributed by atoms with Crippen LogP contribution in [0.3, 0.4) is 0 Å². The number of aryl methyl sites for hydroxylation is 1. The fraction of sp³-hybridized carbons (Fsp3) is 0.438. The highest BCUT2D eigenvalue weighted by Crippen LogP contribution is 2.21. The molecule has 0 saturated carbocycles. The standard InChI is InChI=1S/C16H22N2O3/c1-12-4-5-14-13(10-12)11-15(21-14)16(19)18(7-3-6-17)8-9-20-2/h4-5,10-11H,3,6-9,17H2,1-2H3. The van der Waals surface area contributed by atoms with Gasteiger partial charge in [-0.1, -0.05) is 11.6 Å². The van der Waals surface area contributed by atoms with Gasteiger partial charge in [0, 0.05) is 25.6 Å². The first kappa shape index (κ1) is 15.5. The molecule has 1 aromatic carbocycles. The third kappa shape index (κ3) is 3.83. The third-order valence-corrected chi connectivity index (χ3v) is 3.37. The van der Waals surface area contributed by atoms with Crippen LogP contribution in [-0.4, -0.2) is 44.2 Å². The first-order valence-electron chi connectivity index (χ1n) is 7.14. The summed E-state index contributed by atoms with van der Waals surface area (Å²) < 4.78 is 10.7. The second-order valence-corrected chi connectivity index (χ2v) is 5.08. The molecule has 0 radical (unpaired) electrons. The Labute approximate surface area is 124 Å². The molecule has 2 aromatic rings. The highest BCUT2D eigenvalue weighted by atomic mass is 16.5. The van der Waals surface area contributed by atoms with E-state index in [4.69, 9.17) is 14.9 Å². The van der Waals surface area contributed by atoms with E-state index in [9.17, 15) is 4.79 Å². The zero-order chi connectivity index (χ0) is 15.2. The average Bonchev–Trinajstić information content (AvgIpc) is 2.89. The molecule has 5 nitrogen and oxygen atoms in total. The second-order valence-electron chi connectivity index (χ2n) is 5.08. The van der Waals surface area contributed by atoms with E-state index >= 15 is 0 Å². The van der Waals surface area contributed by atoms with Crippen LogP contribution in [0, 0.1) is 6.92 Å². The zero-order valence-corrected chi connectivity index (χ0v) is 12.6. The van der Waals surface area contributed by atoms with Crippen molar-refractivity contribution in [1.29, 1.82) is 0 Å². The molecule has 1 amide bonds. The van der Waals surface area contributed by atoms with Gasteiger partial charge in [-0.15, -0.1) is 0 Å². The zero-order valence-electron chi connectivity index (χ0n) is 12.6. The number of nitrogens with zero attached hydrogens (tertiary/aromatic N) is 1. The van der Waals surface area contributed by atoms with E-state index in [0.29, 0.717) is 32.0 Å². The number of amides is 1. The van der Waals surface area contributed by atoms with Crippen molar-refractivity contribution in [3.8, 4) is 0 Å². The number of nitrogens with two attached hydrogens (primary N) is 1. The van der Waals surface area contributed by atoms with Crippen molar-refractivity contribution in [1.82, 2.24) is 4.90 Å². The number of carbonyl (C=O) groups is 1. The Morgan fingerprint density at radius 1 is 1.33 bits per heavy atom. The Hall–Kier alpha value is -1.85. The summed E-state index contributed by atoms with van der Waals surface area (Å²) in [6.45, 7) is 4.20. The van der Waals surface area contributed by atoms with Crippen LogP contribution in [0.15, 0.2) is 28.7 Å². The summed E-state index contributed by atoms with van der Waals surface area (Å²) in [5.41, 5.74) is 7.40. The van der Waals surface area contributed by atoms with Crippen molar-refractivity contribution >= 4 is 16.9 Å². The predicted octanol–water partition coefficient (Wildman–Crippen LogP) is 2.18. The number of rotatable bonds is 7. The summed E-state index contributed by atoms with van der Waals surface area (Å²) in [6.07, 6.45) is 0.759. The molecule has 114 valence electrons. The lowest BCUT2D eigenvalue weighted by Gasteiger charge is -2.20. The molecule has 5 heteroatoms. The quantitative estimate of drug-likeness (QED) is 0.848. The Morgan fingerprint density at radius 2 is 2.14 bits per heavy atom. The number of benzene rings is 1. The van der Waals surface area contributed by atoms with Crippen LogP contribution in [0.25, 0.3) is 11.0 Å². The van der Waals surface area contributed by atoms with E-state index in [0.717, 1.165) is 23.0 Å². The third-order valence-electron chi connectivity index (χ3n) is 3.37. The summed E-state index contributed by atoms with van der Waals surface area (Å²) in [6, 6.07) is 7.67. The molecular weight excluding hydrogens is 268 g/mol. The van der Waals surface area contributed by atoms with Gasteiger partial charge >= 0.3 is 0 Å². The van der Waals surface area contributed by atoms with Crippen LogP contribution < -0.4 is 5.73 Å². The average molecular weight is 290 g/mol. The summed E-state index contributed by atoms with van der Waals surface area (Å²) in [7, 11) is 1.62. The first-order chi connectivity index (χ1) is 10.2. The van der Waals surface area contributed by atoms with Gasteiger partial charge in [0.05, 0.1) is 6.61 Å². The van der Waals surface area contributed by atoms with Gasteiger partial charge in [-0.3, -0.25) is 4.79 Å². The van der Waals surface area contributed by atoms with Crippen LogP contribution in [0.1, 0.15) is 22.5 Å². The molecule has 0 aliphatic carbocycles. The fourth-order valence-electron chi connectivity index (χ4n) is 2.22. The molecule has 0 fully saturated rings. The maximum Gasteiger partial charge on any atom is 0.289 e. The number of fused-ring (bicyclic) bond motifs is 1. The molecular formula is C16H22N2O3. The van der Waals surface area contributed by atoms with Gasteiger partial charge in [-0.2, -0.15) is 0 Å². The first-order valence-corrected chi connectivity index (χ1v) is 7.14. The molecule has 2 N–H and O–H groups in total. The van der Waals surface area contributed by atoms with Gasteiger partial charge in [0.2, 0.25) is 0 Å². The molecule has 0 atom stereocenters. The van der Waals surface area contributed by atoms with Crippen molar-refractivity contribution in [3.05, 3.63) is 35.6 Å². The van der Waals surface area contributed by atoms with Crippen molar-refractivity contribution in [2.75, 3.05) is 33.4 Å². The molecule has 0 aliphatic rings. The lowest BCUT2D eigenvalue weighted by molar-refractivity contribution is 0.0666. The molecule has 1 heterocycles. The van der Waals surface area contributed by atoms with E-state index in [1.807, 2.05) is 25.1 Å². The molecule has 0 bridgehead atoms. The normalized spacial score (nSPS) is 11.0. The van der Waals surface area contributed by atoms with E-state index in [1.54, 1.807) is 18.1 Å². The van der Waals surface area contributed by atoms with Crippen LogP contribution in [0.5, 0.6) is 0 Å². The Morgan fingerprint density at radius 3 is 2.86 bits per heavy atom. The van der Waals surface area contributed by atoms with Gasteiger partial charge in [-0.05, 0) is 38.1 Å². The molecule has 1 aromatic heterocycles. The van der Waals surface area contributed by atoms with Crippen molar-refractivity contribution in [3.63, 3.8) is 0 Å². The van der Waals surface area contributed by atoms with Crippen molar-refractivity contribution in [2.24, 2.45) is 5.73 Å². The molecule has 0 unspecified atom stereocenters. The Kier molecular flexibility index (Phi) is 5.36. The van der Waals surface area contributed by atoms with Gasteiger partial charge in [0.15, 0.2) is 5.76 Å². The van der Waals surface area contributed by atoms with Crippen molar-refractivity contribution in [2.45, 2.75) is 13.3 Å². The summed E-state index contributed by atoms with van der Waals surface area (Å²) in [5.74, 6) is 0.248. The SMILES string of the molecule is COCCN(CCCN)C(=O)c1cc2cc(C)ccc2o1. The maximum atomic E-state index is 12.5. The summed E-state index contributed by atoms with van der Waals surface area (Å²) >= 11 is 0. The van der Waals surface area contributed by atoms with Crippen LogP contribution in [0.4, 0.5) is 0 Å².